The Bertz CT molecular complexity index is 817. The maximum Gasteiger partial charge on any atom is 0.331 e. The van der Waals surface area contributed by atoms with E-state index in [9.17, 15) is 14.4 Å². The molecule has 1 heterocycles. The molecule has 1 N–H and O–H groups in total. The summed E-state index contributed by atoms with van der Waals surface area (Å²) >= 11 is 0.993. The van der Waals surface area contributed by atoms with Crippen LogP contribution in [0.15, 0.2) is 45.4 Å². The number of nitrogens with zero attached hydrogens (tertiary/aromatic N) is 2. The number of amides is 1. The molecule has 2 rings (SSSR count). The van der Waals surface area contributed by atoms with Gasteiger partial charge in [-0.3, -0.25) is 14.9 Å². The Morgan fingerprint density at radius 1 is 1.25 bits per heavy atom. The van der Waals surface area contributed by atoms with Crippen LogP contribution in [0.3, 0.4) is 0 Å². The highest BCUT2D eigenvalue weighted by molar-refractivity contribution is 8.18. The zero-order chi connectivity index (χ0) is 20.4. The minimum absolute atomic E-state index is 0.185. The molecule has 148 valence electrons. The lowest BCUT2D eigenvalue weighted by Crippen LogP contribution is -2.19. The molecule has 10 heteroatoms. The zero-order valence-electron chi connectivity index (χ0n) is 15.3. The van der Waals surface area contributed by atoms with E-state index in [1.165, 1.54) is 13.3 Å². The van der Waals surface area contributed by atoms with Crippen molar-refractivity contribution in [2.45, 2.75) is 13.3 Å². The van der Waals surface area contributed by atoms with Gasteiger partial charge in [0.05, 0.1) is 37.9 Å². The average molecular weight is 405 g/mol. The molecule has 0 spiro atoms. The van der Waals surface area contributed by atoms with Crippen molar-refractivity contribution in [3.05, 3.63) is 40.8 Å². The number of esters is 2. The van der Waals surface area contributed by atoms with Crippen LogP contribution in [0.1, 0.15) is 18.9 Å². The number of carbonyl (C=O) groups is 3. The number of ether oxygens (including phenoxy) is 3. The van der Waals surface area contributed by atoms with Crippen LogP contribution < -0.4 is 10.1 Å². The molecule has 0 aromatic heterocycles. The van der Waals surface area contributed by atoms with Crippen LogP contribution in [0.4, 0.5) is 0 Å². The fourth-order valence-corrected chi connectivity index (χ4v) is 2.66. The van der Waals surface area contributed by atoms with E-state index in [-0.39, 0.29) is 29.1 Å². The number of hydrogen-bond donors (Lipinski definition) is 1. The summed E-state index contributed by atoms with van der Waals surface area (Å²) in [5.41, 5.74) is 0.766. The van der Waals surface area contributed by atoms with E-state index >= 15 is 0 Å². The summed E-state index contributed by atoms with van der Waals surface area (Å²) in [7, 11) is 1.23. The molecule has 1 aliphatic heterocycles. The first-order chi connectivity index (χ1) is 13.5. The summed E-state index contributed by atoms with van der Waals surface area (Å²) in [6.07, 6.45) is 2.78. The normalized spacial score (nSPS) is 16.4. The maximum absolute atomic E-state index is 11.7. The summed E-state index contributed by atoms with van der Waals surface area (Å²) in [6.45, 7) is 2.33. The molecule has 0 aliphatic carbocycles. The van der Waals surface area contributed by atoms with Crippen molar-refractivity contribution < 1.29 is 28.6 Å². The van der Waals surface area contributed by atoms with E-state index in [0.717, 1.165) is 23.4 Å². The minimum Gasteiger partial charge on any atom is -0.493 e. The second kappa shape index (κ2) is 10.9. The van der Waals surface area contributed by atoms with Gasteiger partial charge in [-0.25, -0.2) is 4.79 Å². The van der Waals surface area contributed by atoms with E-state index in [1.807, 2.05) is 0 Å². The number of thioether (sulfide) groups is 1. The van der Waals surface area contributed by atoms with Gasteiger partial charge in [-0.2, -0.15) is 5.10 Å². The van der Waals surface area contributed by atoms with E-state index in [0.29, 0.717) is 12.4 Å². The summed E-state index contributed by atoms with van der Waals surface area (Å²) in [5.74, 6) is -0.739. The first kappa shape index (κ1) is 21.2. The first-order valence-electron chi connectivity index (χ1n) is 8.30. The first-order valence-corrected chi connectivity index (χ1v) is 9.11. The molecule has 28 heavy (non-hydrogen) atoms. The smallest absolute Gasteiger partial charge is 0.331 e. The van der Waals surface area contributed by atoms with Crippen molar-refractivity contribution >= 4 is 41.0 Å². The van der Waals surface area contributed by atoms with E-state index < -0.39 is 11.9 Å². The van der Waals surface area contributed by atoms with Gasteiger partial charge in [0.25, 0.3) is 5.91 Å². The Balaban J connectivity index is 1.85. The van der Waals surface area contributed by atoms with Crippen LogP contribution in [0.5, 0.6) is 5.75 Å². The Labute approximate surface area is 165 Å². The van der Waals surface area contributed by atoms with E-state index in [4.69, 9.17) is 9.47 Å². The molecule has 1 amide bonds. The molecule has 0 radical (unpaired) electrons. The fraction of sp³-hybridized carbons (Fsp3) is 0.278. The number of benzene rings is 1. The molecule has 1 aliphatic rings. The van der Waals surface area contributed by atoms with Crippen molar-refractivity contribution in [3.63, 3.8) is 0 Å². The fourth-order valence-electron chi connectivity index (χ4n) is 1.92. The van der Waals surface area contributed by atoms with Gasteiger partial charge in [0.15, 0.2) is 5.17 Å². The Kier molecular flexibility index (Phi) is 8.22. The van der Waals surface area contributed by atoms with E-state index in [2.05, 4.69) is 20.3 Å². The van der Waals surface area contributed by atoms with Crippen molar-refractivity contribution in [1.82, 2.24) is 5.32 Å². The molecule has 1 aromatic carbocycles. The van der Waals surface area contributed by atoms with Gasteiger partial charge in [-0.15, -0.1) is 5.10 Å². The zero-order valence-corrected chi connectivity index (χ0v) is 16.2. The number of carbonyl (C=O) groups excluding carboxylic acids is 3. The third-order valence-electron chi connectivity index (χ3n) is 3.22. The lowest BCUT2D eigenvalue weighted by atomic mass is 10.2. The lowest BCUT2D eigenvalue weighted by molar-refractivity contribution is -0.143. The highest BCUT2D eigenvalue weighted by Crippen LogP contribution is 2.23. The van der Waals surface area contributed by atoms with Crippen molar-refractivity contribution in [3.8, 4) is 5.75 Å². The molecule has 1 aromatic rings. The second-order valence-electron chi connectivity index (χ2n) is 5.21. The van der Waals surface area contributed by atoms with Crippen LogP contribution >= 0.6 is 11.8 Å². The third-order valence-corrected chi connectivity index (χ3v) is 4.12. The highest BCUT2D eigenvalue weighted by Gasteiger charge is 2.24. The van der Waals surface area contributed by atoms with E-state index in [1.54, 1.807) is 31.2 Å². The Morgan fingerprint density at radius 2 is 2.00 bits per heavy atom. The molecule has 0 bridgehead atoms. The van der Waals surface area contributed by atoms with Crippen molar-refractivity contribution in [2.75, 3.05) is 20.3 Å². The molecule has 0 unspecified atom stereocenters. The summed E-state index contributed by atoms with van der Waals surface area (Å²) in [4.78, 5) is 34.3. The topological polar surface area (TPSA) is 116 Å². The van der Waals surface area contributed by atoms with Gasteiger partial charge >= 0.3 is 11.9 Å². The van der Waals surface area contributed by atoms with Crippen LogP contribution in [0, 0.1) is 0 Å². The molecule has 0 saturated carbocycles. The van der Waals surface area contributed by atoms with Gasteiger partial charge in [0.1, 0.15) is 5.75 Å². The maximum atomic E-state index is 11.7. The highest BCUT2D eigenvalue weighted by atomic mass is 32.2. The molecule has 9 nitrogen and oxygen atoms in total. The van der Waals surface area contributed by atoms with Gasteiger partial charge in [0, 0.05) is 6.08 Å². The minimum atomic E-state index is -0.619. The summed E-state index contributed by atoms with van der Waals surface area (Å²) in [6, 6.07) is 7.02. The number of amidine groups is 1. The van der Waals surface area contributed by atoms with Crippen molar-refractivity contribution in [1.29, 1.82) is 0 Å². The van der Waals surface area contributed by atoms with Gasteiger partial charge in [-0.1, -0.05) is 0 Å². The quantitative estimate of drug-likeness (QED) is 0.302. The number of hydrogen-bond acceptors (Lipinski definition) is 9. The van der Waals surface area contributed by atoms with Crippen LogP contribution in [-0.4, -0.2) is 49.6 Å². The van der Waals surface area contributed by atoms with Gasteiger partial charge in [0.2, 0.25) is 0 Å². The number of rotatable bonds is 8. The van der Waals surface area contributed by atoms with Gasteiger partial charge in [-0.05, 0) is 48.5 Å². The monoisotopic (exact) mass is 405 g/mol. The largest absolute Gasteiger partial charge is 0.493 e. The predicted octanol–water partition coefficient (Wildman–Crippen LogP) is 1.63. The molecular formula is C18H19N3O6S. The second-order valence-corrected chi connectivity index (χ2v) is 6.24. The molecule has 1 fully saturated rings. The van der Waals surface area contributed by atoms with Gasteiger partial charge < -0.3 is 14.2 Å². The Morgan fingerprint density at radius 3 is 2.68 bits per heavy atom. The predicted molar refractivity (Wildman–Crippen MR) is 104 cm³/mol. The third kappa shape index (κ3) is 6.88. The van der Waals surface area contributed by atoms with Crippen LogP contribution in [0.2, 0.25) is 0 Å². The lowest BCUT2D eigenvalue weighted by Gasteiger charge is -2.05. The standard InChI is InChI=1S/C18H19N3O6S/c1-3-26-15(22)8-9-27-13-6-4-12(5-7-13)11-19-21-18-20-17(24)14(28-18)10-16(23)25-2/h4-7,10-11H,3,8-9H2,1-2H3,(H,20,21,24)/b14-10+,19-11?. The molecular weight excluding hydrogens is 386 g/mol. The average Bonchev–Trinajstić information content (AvgIpc) is 3.02. The van der Waals surface area contributed by atoms with Crippen LogP contribution in [0.25, 0.3) is 0 Å². The summed E-state index contributed by atoms with van der Waals surface area (Å²) < 4.78 is 14.8. The van der Waals surface area contributed by atoms with Crippen molar-refractivity contribution in [2.24, 2.45) is 10.2 Å². The SMILES string of the molecule is CCOC(=O)CCOc1ccc(C=N/N=C2/NC(=O)/C(=C\C(=O)OC)S2)cc1. The number of methoxy groups -OCH3 is 1. The van der Waals surface area contributed by atoms with Crippen LogP contribution in [-0.2, 0) is 23.9 Å². The summed E-state index contributed by atoms with van der Waals surface area (Å²) in [5, 5.41) is 10.6. The number of nitrogens with one attached hydrogen (secondary N) is 1. The Hall–Kier alpha value is -3.14. The molecule has 1 saturated heterocycles. The molecule has 0 atom stereocenters.